The van der Waals surface area contributed by atoms with E-state index in [1.807, 2.05) is 41.3 Å². The zero-order chi connectivity index (χ0) is 19.2. The van der Waals surface area contributed by atoms with Gasteiger partial charge in [0.05, 0.1) is 17.9 Å². The van der Waals surface area contributed by atoms with E-state index in [4.69, 9.17) is 11.6 Å². The van der Waals surface area contributed by atoms with Crippen molar-refractivity contribution in [3.63, 3.8) is 0 Å². The SMILES string of the molecule is CCCCN(CCCC)CC(=O)N1c2ccccc2Sc2ccc(Cl)cc21.Cl. The Balaban J connectivity index is 0.00000280. The number of hydrogen-bond donors (Lipinski definition) is 0. The topological polar surface area (TPSA) is 23.6 Å². The predicted molar refractivity (Wildman–Crippen MR) is 123 cm³/mol. The monoisotopic (exact) mass is 438 g/mol. The molecule has 0 bridgehead atoms. The fourth-order valence-electron chi connectivity index (χ4n) is 3.29. The van der Waals surface area contributed by atoms with Crippen LogP contribution in [0.15, 0.2) is 52.3 Å². The Morgan fingerprint density at radius 1 is 1.00 bits per heavy atom. The molecule has 0 aliphatic carbocycles. The van der Waals surface area contributed by atoms with Gasteiger partial charge in [-0.15, -0.1) is 12.4 Å². The molecule has 6 heteroatoms. The summed E-state index contributed by atoms with van der Waals surface area (Å²) in [5, 5.41) is 0.653. The molecule has 2 aromatic rings. The standard InChI is InChI=1S/C22H27ClN2OS.ClH/c1-3-5-13-24(14-6-4-2)16-22(26)25-18-9-7-8-10-20(18)27-21-12-11-17(23)15-19(21)25;/h7-12,15H,3-6,13-14,16H2,1-2H3;1H. The Morgan fingerprint density at radius 2 is 1.64 bits per heavy atom. The summed E-state index contributed by atoms with van der Waals surface area (Å²) in [6, 6.07) is 13.9. The van der Waals surface area contributed by atoms with Crippen LogP contribution in [0.2, 0.25) is 5.02 Å². The smallest absolute Gasteiger partial charge is 0.245 e. The molecule has 0 unspecified atom stereocenters. The zero-order valence-corrected chi connectivity index (χ0v) is 18.9. The second-order valence-electron chi connectivity index (χ2n) is 6.89. The number of para-hydroxylation sites is 1. The summed E-state index contributed by atoms with van der Waals surface area (Å²) in [5.74, 6) is 0.110. The Morgan fingerprint density at radius 3 is 2.32 bits per heavy atom. The minimum atomic E-state index is 0. The van der Waals surface area contributed by atoms with E-state index in [2.05, 4.69) is 24.8 Å². The number of halogens is 2. The van der Waals surface area contributed by atoms with Crippen LogP contribution in [0, 0.1) is 0 Å². The summed E-state index contributed by atoms with van der Waals surface area (Å²) in [4.78, 5) is 19.7. The average Bonchev–Trinajstić information content (AvgIpc) is 2.68. The molecule has 1 heterocycles. The van der Waals surface area contributed by atoms with Crippen molar-refractivity contribution in [2.75, 3.05) is 24.5 Å². The first-order valence-corrected chi connectivity index (χ1v) is 10.9. The first-order valence-electron chi connectivity index (χ1n) is 9.75. The van der Waals surface area contributed by atoms with Crippen LogP contribution in [0.25, 0.3) is 0 Å². The lowest BCUT2D eigenvalue weighted by molar-refractivity contribution is -0.119. The van der Waals surface area contributed by atoms with Gasteiger partial charge in [-0.2, -0.15) is 0 Å². The Bertz CT molecular complexity index is 792. The van der Waals surface area contributed by atoms with Gasteiger partial charge in [-0.25, -0.2) is 0 Å². The van der Waals surface area contributed by atoms with Crippen LogP contribution in [0.4, 0.5) is 11.4 Å². The lowest BCUT2D eigenvalue weighted by Crippen LogP contribution is -2.40. The maximum absolute atomic E-state index is 13.4. The highest BCUT2D eigenvalue weighted by Gasteiger charge is 2.29. The van der Waals surface area contributed by atoms with Crippen molar-refractivity contribution in [3.8, 4) is 0 Å². The number of benzene rings is 2. The first-order chi connectivity index (χ1) is 13.1. The van der Waals surface area contributed by atoms with Crippen LogP contribution in [0.3, 0.4) is 0 Å². The number of rotatable bonds is 8. The largest absolute Gasteiger partial charge is 0.294 e. The number of anilines is 2. The van der Waals surface area contributed by atoms with Crippen molar-refractivity contribution in [2.45, 2.75) is 49.3 Å². The van der Waals surface area contributed by atoms with Gasteiger partial charge < -0.3 is 0 Å². The van der Waals surface area contributed by atoms with Gasteiger partial charge in [0.25, 0.3) is 0 Å². The Hall–Kier alpha value is -1.20. The van der Waals surface area contributed by atoms with Crippen LogP contribution in [0.1, 0.15) is 39.5 Å². The summed E-state index contributed by atoms with van der Waals surface area (Å²) >= 11 is 7.95. The third-order valence-corrected chi connectivity index (χ3v) is 6.12. The molecule has 0 N–H and O–H groups in total. The predicted octanol–water partition coefficient (Wildman–Crippen LogP) is 6.79. The molecule has 0 spiro atoms. The Labute approximate surface area is 183 Å². The number of nitrogens with zero attached hydrogens (tertiary/aromatic N) is 2. The minimum absolute atomic E-state index is 0. The highest BCUT2D eigenvalue weighted by molar-refractivity contribution is 7.99. The van der Waals surface area contributed by atoms with Crippen molar-refractivity contribution in [3.05, 3.63) is 47.5 Å². The molecule has 3 nitrogen and oxygen atoms in total. The minimum Gasteiger partial charge on any atom is -0.294 e. The van der Waals surface area contributed by atoms with Crippen molar-refractivity contribution >= 4 is 53.1 Å². The third-order valence-electron chi connectivity index (χ3n) is 4.75. The molecule has 1 aliphatic heterocycles. The fourth-order valence-corrected chi connectivity index (χ4v) is 4.50. The number of carbonyl (C=O) groups is 1. The highest BCUT2D eigenvalue weighted by Crippen LogP contribution is 2.48. The molecule has 0 radical (unpaired) electrons. The summed E-state index contributed by atoms with van der Waals surface area (Å²) < 4.78 is 0. The Kier molecular flexibility index (Phi) is 9.16. The van der Waals surface area contributed by atoms with E-state index < -0.39 is 0 Å². The second-order valence-corrected chi connectivity index (χ2v) is 8.41. The average molecular weight is 439 g/mol. The van der Waals surface area contributed by atoms with E-state index in [0.29, 0.717) is 11.6 Å². The molecule has 0 saturated heterocycles. The molecule has 152 valence electrons. The fraction of sp³-hybridized carbons (Fsp3) is 0.409. The van der Waals surface area contributed by atoms with Gasteiger partial charge in [0.1, 0.15) is 0 Å². The number of fused-ring (bicyclic) bond motifs is 2. The van der Waals surface area contributed by atoms with E-state index in [1.54, 1.807) is 11.8 Å². The molecular weight excluding hydrogens is 411 g/mol. The number of amides is 1. The first kappa shape index (κ1) is 23.1. The molecule has 0 fully saturated rings. The lowest BCUT2D eigenvalue weighted by Gasteiger charge is -2.33. The van der Waals surface area contributed by atoms with E-state index in [9.17, 15) is 4.79 Å². The molecular formula is C22H28Cl2N2OS. The highest BCUT2D eigenvalue weighted by atomic mass is 35.5. The van der Waals surface area contributed by atoms with E-state index >= 15 is 0 Å². The van der Waals surface area contributed by atoms with Crippen molar-refractivity contribution in [2.24, 2.45) is 0 Å². The molecule has 1 aliphatic rings. The molecule has 0 atom stereocenters. The van der Waals surface area contributed by atoms with E-state index in [1.165, 1.54) is 0 Å². The van der Waals surface area contributed by atoms with Crippen LogP contribution in [-0.4, -0.2) is 30.4 Å². The summed E-state index contributed by atoms with van der Waals surface area (Å²) in [6.07, 6.45) is 4.51. The second kappa shape index (κ2) is 11.1. The quantitative estimate of drug-likeness (QED) is 0.452. The normalized spacial score (nSPS) is 12.4. The lowest BCUT2D eigenvalue weighted by atomic mass is 10.2. The number of unbranched alkanes of at least 4 members (excludes halogenated alkanes) is 2. The van der Waals surface area contributed by atoms with Gasteiger partial charge in [-0.05, 0) is 56.3 Å². The molecule has 3 rings (SSSR count). The summed E-state index contributed by atoms with van der Waals surface area (Å²) in [6.45, 7) is 6.75. The van der Waals surface area contributed by atoms with Gasteiger partial charge >= 0.3 is 0 Å². The number of carbonyl (C=O) groups excluding carboxylic acids is 1. The van der Waals surface area contributed by atoms with Crippen molar-refractivity contribution in [1.29, 1.82) is 0 Å². The zero-order valence-electron chi connectivity index (χ0n) is 16.5. The summed E-state index contributed by atoms with van der Waals surface area (Å²) in [5.41, 5.74) is 1.84. The van der Waals surface area contributed by atoms with Gasteiger partial charge in [-0.1, -0.05) is 62.2 Å². The van der Waals surface area contributed by atoms with Crippen LogP contribution < -0.4 is 4.90 Å². The van der Waals surface area contributed by atoms with Crippen molar-refractivity contribution in [1.82, 2.24) is 4.90 Å². The molecule has 1 amide bonds. The molecule has 0 aromatic heterocycles. The number of hydrogen-bond acceptors (Lipinski definition) is 3. The molecule has 28 heavy (non-hydrogen) atoms. The third kappa shape index (κ3) is 5.44. The molecule has 2 aromatic carbocycles. The summed E-state index contributed by atoms with van der Waals surface area (Å²) in [7, 11) is 0. The van der Waals surface area contributed by atoms with Gasteiger partial charge in [0, 0.05) is 14.8 Å². The maximum Gasteiger partial charge on any atom is 0.245 e. The van der Waals surface area contributed by atoms with Crippen molar-refractivity contribution < 1.29 is 4.79 Å². The van der Waals surface area contributed by atoms with Crippen LogP contribution in [0.5, 0.6) is 0 Å². The van der Waals surface area contributed by atoms with Gasteiger partial charge in [0.15, 0.2) is 0 Å². The van der Waals surface area contributed by atoms with Crippen LogP contribution in [-0.2, 0) is 4.79 Å². The van der Waals surface area contributed by atoms with Gasteiger partial charge in [-0.3, -0.25) is 14.6 Å². The maximum atomic E-state index is 13.4. The van der Waals surface area contributed by atoms with Gasteiger partial charge in [0.2, 0.25) is 5.91 Å². The van der Waals surface area contributed by atoms with E-state index in [-0.39, 0.29) is 18.3 Å². The van der Waals surface area contributed by atoms with E-state index in [0.717, 1.165) is 59.9 Å². The molecule has 0 saturated carbocycles. The van der Waals surface area contributed by atoms with Crippen LogP contribution >= 0.6 is 35.8 Å².